The van der Waals surface area contributed by atoms with Gasteiger partial charge in [-0.25, -0.2) is 4.98 Å². The summed E-state index contributed by atoms with van der Waals surface area (Å²) in [6.45, 7) is 1.79. The highest BCUT2D eigenvalue weighted by molar-refractivity contribution is 5.73. The Morgan fingerprint density at radius 1 is 1.42 bits per heavy atom. The van der Waals surface area contributed by atoms with Crippen LogP contribution in [0.1, 0.15) is 5.69 Å². The van der Waals surface area contributed by atoms with Crippen molar-refractivity contribution in [2.75, 3.05) is 0 Å². The van der Waals surface area contributed by atoms with Gasteiger partial charge in [0.2, 0.25) is 0 Å². The Kier molecular flexibility index (Phi) is 1.27. The van der Waals surface area contributed by atoms with Gasteiger partial charge >= 0.3 is 6.01 Å². The van der Waals surface area contributed by atoms with Crippen LogP contribution in [0.5, 0.6) is 6.01 Å². The average molecular weight is 164 g/mol. The van der Waals surface area contributed by atoms with Crippen LogP contribution in [-0.2, 0) is 7.05 Å². The Morgan fingerprint density at radius 3 is 2.92 bits per heavy atom. The SMILES string of the molecule is Cc1nc(O)nc2c1ncn2C. The van der Waals surface area contributed by atoms with Gasteiger partial charge in [-0.3, -0.25) is 0 Å². The summed E-state index contributed by atoms with van der Waals surface area (Å²) in [5.74, 6) is 0. The van der Waals surface area contributed by atoms with Crippen LogP contribution in [0.15, 0.2) is 6.33 Å². The summed E-state index contributed by atoms with van der Waals surface area (Å²) >= 11 is 0. The average Bonchev–Trinajstić information content (AvgIpc) is 2.33. The second-order valence-electron chi connectivity index (χ2n) is 2.64. The van der Waals surface area contributed by atoms with Crippen molar-refractivity contribution < 1.29 is 5.11 Å². The van der Waals surface area contributed by atoms with Crippen LogP contribution in [0.3, 0.4) is 0 Å². The first-order valence-corrected chi connectivity index (χ1v) is 3.53. The van der Waals surface area contributed by atoms with Crippen LogP contribution in [0.4, 0.5) is 0 Å². The first-order chi connectivity index (χ1) is 5.68. The first kappa shape index (κ1) is 7.02. The van der Waals surface area contributed by atoms with Gasteiger partial charge in [0.25, 0.3) is 0 Å². The van der Waals surface area contributed by atoms with Gasteiger partial charge in [0.15, 0.2) is 5.65 Å². The van der Waals surface area contributed by atoms with Crippen LogP contribution >= 0.6 is 0 Å². The summed E-state index contributed by atoms with van der Waals surface area (Å²) in [4.78, 5) is 11.7. The molecule has 0 aliphatic rings. The number of aromatic hydroxyl groups is 1. The maximum absolute atomic E-state index is 9.09. The fourth-order valence-electron chi connectivity index (χ4n) is 1.13. The lowest BCUT2D eigenvalue weighted by Crippen LogP contribution is -1.92. The Bertz CT molecular complexity index is 434. The van der Waals surface area contributed by atoms with E-state index >= 15 is 0 Å². The number of aromatic nitrogens is 4. The molecule has 0 saturated heterocycles. The molecule has 12 heavy (non-hydrogen) atoms. The molecule has 5 nitrogen and oxygen atoms in total. The summed E-state index contributed by atoms with van der Waals surface area (Å²) in [6, 6.07) is -0.205. The van der Waals surface area contributed by atoms with E-state index in [1.807, 2.05) is 7.05 Å². The van der Waals surface area contributed by atoms with Crippen LogP contribution < -0.4 is 0 Å². The third-order valence-electron chi connectivity index (χ3n) is 1.72. The summed E-state index contributed by atoms with van der Waals surface area (Å²) in [5.41, 5.74) is 2.08. The zero-order valence-corrected chi connectivity index (χ0v) is 6.81. The summed E-state index contributed by atoms with van der Waals surface area (Å²) in [7, 11) is 1.82. The molecule has 0 aliphatic carbocycles. The maximum atomic E-state index is 9.09. The highest BCUT2D eigenvalue weighted by Crippen LogP contribution is 2.14. The Hall–Kier alpha value is -1.65. The highest BCUT2D eigenvalue weighted by Gasteiger charge is 2.06. The molecule has 62 valence electrons. The van der Waals surface area contributed by atoms with Crippen molar-refractivity contribution in [2.24, 2.45) is 7.05 Å². The third-order valence-corrected chi connectivity index (χ3v) is 1.72. The van der Waals surface area contributed by atoms with Crippen LogP contribution in [0.25, 0.3) is 11.2 Å². The topological polar surface area (TPSA) is 63.8 Å². The number of imidazole rings is 1. The lowest BCUT2D eigenvalue weighted by molar-refractivity contribution is 0.431. The molecular weight excluding hydrogens is 156 g/mol. The van der Waals surface area contributed by atoms with Crippen LogP contribution in [-0.4, -0.2) is 24.6 Å². The summed E-state index contributed by atoms with van der Waals surface area (Å²) < 4.78 is 1.74. The normalized spacial score (nSPS) is 10.8. The fourth-order valence-corrected chi connectivity index (χ4v) is 1.13. The number of hydrogen-bond acceptors (Lipinski definition) is 4. The zero-order chi connectivity index (χ0) is 8.72. The van der Waals surface area contributed by atoms with E-state index in [1.165, 1.54) is 0 Å². The number of nitrogens with zero attached hydrogens (tertiary/aromatic N) is 4. The number of fused-ring (bicyclic) bond motifs is 1. The molecule has 2 heterocycles. The maximum Gasteiger partial charge on any atom is 0.316 e. The second-order valence-corrected chi connectivity index (χ2v) is 2.64. The van der Waals surface area contributed by atoms with Gasteiger partial charge in [0.1, 0.15) is 5.52 Å². The van der Waals surface area contributed by atoms with E-state index in [2.05, 4.69) is 15.0 Å². The predicted molar refractivity (Wildman–Crippen MR) is 42.7 cm³/mol. The quantitative estimate of drug-likeness (QED) is 0.611. The van der Waals surface area contributed by atoms with Crippen molar-refractivity contribution in [3.05, 3.63) is 12.0 Å². The summed E-state index contributed by atoms with van der Waals surface area (Å²) in [6.07, 6.45) is 1.64. The standard InChI is InChI=1S/C7H8N4O/c1-4-5-6(10-7(12)9-4)11(2)3-8-5/h3H,1-2H3,(H,9,10,12). The van der Waals surface area contributed by atoms with Gasteiger partial charge < -0.3 is 9.67 Å². The molecule has 0 aromatic carbocycles. The highest BCUT2D eigenvalue weighted by atomic mass is 16.3. The van der Waals surface area contributed by atoms with E-state index in [9.17, 15) is 0 Å². The number of aryl methyl sites for hydroxylation is 2. The van der Waals surface area contributed by atoms with Gasteiger partial charge in [-0.15, -0.1) is 0 Å². The molecule has 0 aliphatic heterocycles. The summed E-state index contributed by atoms with van der Waals surface area (Å²) in [5, 5.41) is 9.09. The van der Waals surface area contributed by atoms with Gasteiger partial charge in [-0.05, 0) is 6.92 Å². The van der Waals surface area contributed by atoms with E-state index in [0.717, 1.165) is 5.52 Å². The molecule has 1 N–H and O–H groups in total. The van der Waals surface area contributed by atoms with Crippen molar-refractivity contribution in [3.8, 4) is 6.01 Å². The largest absolute Gasteiger partial charge is 0.479 e. The molecule has 0 atom stereocenters. The minimum absolute atomic E-state index is 0.205. The molecule has 0 spiro atoms. The molecule has 0 bridgehead atoms. The molecule has 2 rings (SSSR count). The number of hydrogen-bond donors (Lipinski definition) is 1. The minimum atomic E-state index is -0.205. The van der Waals surface area contributed by atoms with E-state index in [4.69, 9.17) is 5.11 Å². The van der Waals surface area contributed by atoms with E-state index < -0.39 is 0 Å². The zero-order valence-electron chi connectivity index (χ0n) is 6.81. The van der Waals surface area contributed by atoms with Crippen molar-refractivity contribution >= 4 is 11.2 Å². The second kappa shape index (κ2) is 2.17. The third kappa shape index (κ3) is 0.827. The van der Waals surface area contributed by atoms with Gasteiger partial charge in [0, 0.05) is 7.05 Å². The van der Waals surface area contributed by atoms with Crippen molar-refractivity contribution in [1.82, 2.24) is 19.5 Å². The molecule has 2 aromatic heterocycles. The molecule has 0 fully saturated rings. The van der Waals surface area contributed by atoms with Gasteiger partial charge in [-0.1, -0.05) is 0 Å². The molecule has 0 radical (unpaired) electrons. The van der Waals surface area contributed by atoms with Crippen molar-refractivity contribution in [1.29, 1.82) is 0 Å². The van der Waals surface area contributed by atoms with Crippen molar-refractivity contribution in [3.63, 3.8) is 0 Å². The lowest BCUT2D eigenvalue weighted by Gasteiger charge is -1.96. The van der Waals surface area contributed by atoms with E-state index in [-0.39, 0.29) is 6.01 Å². The van der Waals surface area contributed by atoms with Crippen LogP contribution in [0, 0.1) is 6.92 Å². The molecule has 5 heteroatoms. The Balaban J connectivity index is 2.92. The molecule has 0 amide bonds. The molecular formula is C7H8N4O. The van der Waals surface area contributed by atoms with E-state index in [0.29, 0.717) is 11.3 Å². The Labute approximate surface area is 68.7 Å². The molecule has 0 unspecified atom stereocenters. The minimum Gasteiger partial charge on any atom is -0.479 e. The molecule has 0 saturated carbocycles. The first-order valence-electron chi connectivity index (χ1n) is 3.53. The Morgan fingerprint density at radius 2 is 2.17 bits per heavy atom. The predicted octanol–water partition coefficient (Wildman–Crippen LogP) is 0.377. The van der Waals surface area contributed by atoms with Crippen LogP contribution in [0.2, 0.25) is 0 Å². The number of rotatable bonds is 0. The smallest absolute Gasteiger partial charge is 0.316 e. The lowest BCUT2D eigenvalue weighted by atomic mass is 10.4. The van der Waals surface area contributed by atoms with E-state index in [1.54, 1.807) is 17.8 Å². The molecule has 2 aromatic rings. The van der Waals surface area contributed by atoms with Gasteiger partial charge in [-0.2, -0.15) is 9.97 Å². The fraction of sp³-hybridized carbons (Fsp3) is 0.286. The van der Waals surface area contributed by atoms with Gasteiger partial charge in [0.05, 0.1) is 12.0 Å². The van der Waals surface area contributed by atoms with Crippen molar-refractivity contribution in [2.45, 2.75) is 6.92 Å². The monoisotopic (exact) mass is 164 g/mol.